The molecule has 0 unspecified atom stereocenters. The molecule has 7 nitrogen and oxygen atoms in total. The van der Waals surface area contributed by atoms with Crippen LogP contribution in [-0.2, 0) is 4.79 Å². The lowest BCUT2D eigenvalue weighted by molar-refractivity contribution is -0.113. The van der Waals surface area contributed by atoms with Gasteiger partial charge in [-0.05, 0) is 61.5 Å². The lowest BCUT2D eigenvalue weighted by Crippen LogP contribution is -2.45. The van der Waals surface area contributed by atoms with Gasteiger partial charge in [0.25, 0.3) is 5.91 Å². The molecule has 0 aromatic heterocycles. The van der Waals surface area contributed by atoms with Gasteiger partial charge in [-0.15, -0.1) is 0 Å². The van der Waals surface area contributed by atoms with Gasteiger partial charge < -0.3 is 30.2 Å². The van der Waals surface area contributed by atoms with Crippen LogP contribution in [0.2, 0.25) is 5.02 Å². The standard InChI is InChI=1S/C22H24ClN3O4S/c1-11-6-7-14(23)10-15(11)25-21(27)18-12(2)24-22(31)26-19(18)13-8-16(28-3)20(30-5)17(9-13)29-4/h6-10,19H,1-5H3,(H,25,27)(H2,24,26,31)/t19-/m0/s1. The monoisotopic (exact) mass is 461 g/mol. The summed E-state index contributed by atoms with van der Waals surface area (Å²) in [6, 6.07) is 8.38. The molecule has 0 fully saturated rings. The lowest BCUT2D eigenvalue weighted by Gasteiger charge is -2.31. The summed E-state index contributed by atoms with van der Waals surface area (Å²) in [7, 11) is 4.62. The molecular formula is C22H24ClN3O4S. The maximum absolute atomic E-state index is 13.3. The molecule has 1 aliphatic heterocycles. The summed E-state index contributed by atoms with van der Waals surface area (Å²) in [5, 5.41) is 10.1. The molecule has 2 aromatic rings. The molecule has 164 valence electrons. The number of amides is 1. The summed E-state index contributed by atoms with van der Waals surface area (Å²) in [6.45, 7) is 3.70. The van der Waals surface area contributed by atoms with Crippen molar-refractivity contribution in [2.45, 2.75) is 19.9 Å². The highest BCUT2D eigenvalue weighted by atomic mass is 35.5. The molecule has 0 radical (unpaired) electrons. The quantitative estimate of drug-likeness (QED) is 0.558. The molecule has 0 saturated heterocycles. The van der Waals surface area contributed by atoms with Gasteiger partial charge in [-0.2, -0.15) is 0 Å². The van der Waals surface area contributed by atoms with E-state index in [0.717, 1.165) is 11.1 Å². The van der Waals surface area contributed by atoms with Crippen LogP contribution in [0.15, 0.2) is 41.6 Å². The molecule has 3 rings (SSSR count). The first-order valence-electron chi connectivity index (χ1n) is 9.44. The van der Waals surface area contributed by atoms with Crippen LogP contribution in [0.5, 0.6) is 17.2 Å². The van der Waals surface area contributed by atoms with Gasteiger partial charge in [0.05, 0.1) is 32.9 Å². The van der Waals surface area contributed by atoms with E-state index in [2.05, 4.69) is 16.0 Å². The maximum Gasteiger partial charge on any atom is 0.255 e. The SMILES string of the molecule is COc1cc([C@@H]2NC(=S)NC(C)=C2C(=O)Nc2cc(Cl)ccc2C)cc(OC)c1OC. The Morgan fingerprint density at radius 1 is 1.06 bits per heavy atom. The summed E-state index contributed by atoms with van der Waals surface area (Å²) in [5.74, 6) is 1.13. The Bertz CT molecular complexity index is 1050. The smallest absolute Gasteiger partial charge is 0.255 e. The molecule has 0 aliphatic carbocycles. The fraction of sp³-hybridized carbons (Fsp3) is 0.273. The van der Waals surface area contributed by atoms with E-state index >= 15 is 0 Å². The third kappa shape index (κ3) is 4.70. The first-order chi connectivity index (χ1) is 14.8. The third-order valence-corrected chi connectivity index (χ3v) is 5.44. The number of rotatable bonds is 6. The van der Waals surface area contributed by atoms with E-state index in [4.69, 9.17) is 38.0 Å². The summed E-state index contributed by atoms with van der Waals surface area (Å²) in [6.07, 6.45) is 0. The average molecular weight is 462 g/mol. The number of hydrogen-bond donors (Lipinski definition) is 3. The van der Waals surface area contributed by atoms with Gasteiger partial charge in [-0.1, -0.05) is 17.7 Å². The normalized spacial score (nSPS) is 15.7. The fourth-order valence-electron chi connectivity index (χ4n) is 3.43. The summed E-state index contributed by atoms with van der Waals surface area (Å²) < 4.78 is 16.4. The van der Waals surface area contributed by atoms with Crippen LogP contribution in [0.3, 0.4) is 0 Å². The Balaban J connectivity index is 2.06. The molecule has 0 saturated carbocycles. The number of nitrogens with one attached hydrogen (secondary N) is 3. The van der Waals surface area contributed by atoms with E-state index < -0.39 is 6.04 Å². The largest absolute Gasteiger partial charge is 0.493 e. The molecule has 1 aliphatic rings. The van der Waals surface area contributed by atoms with Crippen LogP contribution in [0.1, 0.15) is 24.1 Å². The number of hydrogen-bond acceptors (Lipinski definition) is 5. The number of aryl methyl sites for hydroxylation is 1. The Kier molecular flexibility index (Phi) is 6.92. The number of carbonyl (C=O) groups excluding carboxylic acids is 1. The van der Waals surface area contributed by atoms with Gasteiger partial charge in [0.1, 0.15) is 0 Å². The van der Waals surface area contributed by atoms with Crippen molar-refractivity contribution in [2.75, 3.05) is 26.6 Å². The van der Waals surface area contributed by atoms with Crippen molar-refractivity contribution in [3.8, 4) is 17.2 Å². The topological polar surface area (TPSA) is 80.9 Å². The molecule has 1 atom stereocenters. The zero-order valence-corrected chi connectivity index (χ0v) is 19.5. The second-order valence-corrected chi connectivity index (χ2v) is 7.79. The van der Waals surface area contributed by atoms with Crippen molar-refractivity contribution >= 4 is 40.5 Å². The fourth-order valence-corrected chi connectivity index (χ4v) is 3.87. The molecule has 3 N–H and O–H groups in total. The van der Waals surface area contributed by atoms with Crippen LogP contribution < -0.4 is 30.2 Å². The van der Waals surface area contributed by atoms with Gasteiger partial charge in [0.2, 0.25) is 5.75 Å². The van der Waals surface area contributed by atoms with Gasteiger partial charge in [0, 0.05) is 16.4 Å². The summed E-state index contributed by atoms with van der Waals surface area (Å²) in [5.41, 5.74) is 3.37. The van der Waals surface area contributed by atoms with E-state index in [1.807, 2.05) is 13.0 Å². The van der Waals surface area contributed by atoms with E-state index in [9.17, 15) is 4.79 Å². The van der Waals surface area contributed by atoms with Crippen LogP contribution in [0.25, 0.3) is 0 Å². The Labute approximate surface area is 191 Å². The van der Waals surface area contributed by atoms with E-state index in [1.54, 1.807) is 31.2 Å². The zero-order valence-electron chi connectivity index (χ0n) is 17.9. The highest BCUT2D eigenvalue weighted by Gasteiger charge is 2.31. The molecule has 31 heavy (non-hydrogen) atoms. The minimum Gasteiger partial charge on any atom is -0.493 e. The van der Waals surface area contributed by atoms with Crippen LogP contribution >= 0.6 is 23.8 Å². The summed E-state index contributed by atoms with van der Waals surface area (Å²) in [4.78, 5) is 13.3. The van der Waals surface area contributed by atoms with E-state index in [0.29, 0.717) is 44.3 Å². The van der Waals surface area contributed by atoms with Gasteiger partial charge in [-0.25, -0.2) is 0 Å². The number of anilines is 1. The predicted octanol–water partition coefficient (Wildman–Crippen LogP) is 4.11. The molecule has 9 heteroatoms. The zero-order chi connectivity index (χ0) is 22.7. The number of carbonyl (C=O) groups is 1. The Morgan fingerprint density at radius 3 is 2.29 bits per heavy atom. The first-order valence-corrected chi connectivity index (χ1v) is 10.2. The summed E-state index contributed by atoms with van der Waals surface area (Å²) >= 11 is 11.5. The minimum absolute atomic E-state index is 0.288. The number of allylic oxidation sites excluding steroid dienone is 1. The Hall–Kier alpha value is -2.97. The first kappa shape index (κ1) is 22.7. The number of benzene rings is 2. The van der Waals surface area contributed by atoms with Crippen LogP contribution in [0, 0.1) is 6.92 Å². The molecule has 0 bridgehead atoms. The second-order valence-electron chi connectivity index (χ2n) is 6.94. The molecule has 1 heterocycles. The number of ether oxygens (including phenoxy) is 3. The molecule has 2 aromatic carbocycles. The van der Waals surface area contributed by atoms with Gasteiger partial charge in [0.15, 0.2) is 16.6 Å². The van der Waals surface area contributed by atoms with E-state index in [1.165, 1.54) is 21.3 Å². The second kappa shape index (κ2) is 9.45. The predicted molar refractivity (Wildman–Crippen MR) is 125 cm³/mol. The van der Waals surface area contributed by atoms with Gasteiger partial charge in [-0.3, -0.25) is 4.79 Å². The maximum atomic E-state index is 13.3. The highest BCUT2D eigenvalue weighted by Crippen LogP contribution is 2.41. The number of thiocarbonyl (C=S) groups is 1. The average Bonchev–Trinajstić information content (AvgIpc) is 2.74. The van der Waals surface area contributed by atoms with Crippen LogP contribution in [-0.4, -0.2) is 32.3 Å². The molecule has 1 amide bonds. The van der Waals surface area contributed by atoms with Crippen molar-refractivity contribution in [1.29, 1.82) is 0 Å². The van der Waals surface area contributed by atoms with E-state index in [-0.39, 0.29) is 5.91 Å². The van der Waals surface area contributed by atoms with Crippen molar-refractivity contribution in [1.82, 2.24) is 10.6 Å². The van der Waals surface area contributed by atoms with Crippen molar-refractivity contribution in [3.63, 3.8) is 0 Å². The number of halogens is 1. The van der Waals surface area contributed by atoms with Crippen LogP contribution in [0.4, 0.5) is 5.69 Å². The molecular weight excluding hydrogens is 438 g/mol. The van der Waals surface area contributed by atoms with Crippen molar-refractivity contribution < 1.29 is 19.0 Å². The minimum atomic E-state index is -0.540. The Morgan fingerprint density at radius 2 is 1.71 bits per heavy atom. The highest BCUT2D eigenvalue weighted by molar-refractivity contribution is 7.80. The lowest BCUT2D eigenvalue weighted by atomic mass is 9.94. The van der Waals surface area contributed by atoms with Crippen molar-refractivity contribution in [2.24, 2.45) is 0 Å². The van der Waals surface area contributed by atoms with Crippen molar-refractivity contribution in [3.05, 3.63) is 57.8 Å². The molecule has 0 spiro atoms. The van der Waals surface area contributed by atoms with Gasteiger partial charge >= 0.3 is 0 Å². The number of methoxy groups -OCH3 is 3. The third-order valence-electron chi connectivity index (χ3n) is 4.98.